The van der Waals surface area contributed by atoms with Crippen LogP contribution in [-0.2, 0) is 6.18 Å². The van der Waals surface area contributed by atoms with Crippen LogP contribution in [0.1, 0.15) is 12.1 Å². The first-order valence-electron chi connectivity index (χ1n) is 6.53. The highest BCUT2D eigenvalue weighted by Crippen LogP contribution is 2.38. The summed E-state index contributed by atoms with van der Waals surface area (Å²) in [6.45, 7) is 3.27. The molecule has 0 spiro atoms. The Bertz CT molecular complexity index is 447. The second-order valence-corrected chi connectivity index (χ2v) is 5.29. The molecule has 104 valence electrons. The van der Waals surface area contributed by atoms with Crippen LogP contribution in [0, 0.1) is 11.8 Å². The van der Waals surface area contributed by atoms with Crippen LogP contribution >= 0.6 is 0 Å². The third kappa shape index (κ3) is 2.41. The Kier molecular flexibility index (Phi) is 3.12. The van der Waals surface area contributed by atoms with Gasteiger partial charge in [-0.1, -0.05) is 0 Å². The fourth-order valence-corrected chi connectivity index (χ4v) is 3.14. The third-order valence-corrected chi connectivity index (χ3v) is 4.07. The molecule has 3 rings (SSSR count). The van der Waals surface area contributed by atoms with Gasteiger partial charge < -0.3 is 10.2 Å². The van der Waals surface area contributed by atoms with Gasteiger partial charge in [0.1, 0.15) is 0 Å². The minimum atomic E-state index is -4.39. The number of pyridine rings is 1. The van der Waals surface area contributed by atoms with Gasteiger partial charge in [-0.2, -0.15) is 13.2 Å². The van der Waals surface area contributed by atoms with Gasteiger partial charge in [-0.25, -0.2) is 4.98 Å². The van der Waals surface area contributed by atoms with Gasteiger partial charge in [-0.05, 0) is 43.5 Å². The first-order valence-corrected chi connectivity index (χ1v) is 6.53. The van der Waals surface area contributed by atoms with E-state index < -0.39 is 11.9 Å². The zero-order chi connectivity index (χ0) is 13.5. The van der Waals surface area contributed by atoms with Crippen molar-refractivity contribution in [2.24, 2.45) is 11.8 Å². The monoisotopic (exact) mass is 271 g/mol. The fourth-order valence-electron chi connectivity index (χ4n) is 3.14. The second-order valence-electron chi connectivity index (χ2n) is 5.29. The topological polar surface area (TPSA) is 28.2 Å². The molecule has 2 saturated heterocycles. The van der Waals surface area contributed by atoms with E-state index >= 15 is 0 Å². The molecule has 0 saturated carbocycles. The summed E-state index contributed by atoms with van der Waals surface area (Å²) in [5.74, 6) is 0.956. The Labute approximate surface area is 109 Å². The first kappa shape index (κ1) is 12.7. The number of hydrogen-bond donors (Lipinski definition) is 1. The van der Waals surface area contributed by atoms with Crippen molar-refractivity contribution in [2.45, 2.75) is 12.6 Å². The minimum Gasteiger partial charge on any atom is -0.369 e. The highest BCUT2D eigenvalue weighted by Gasteiger charge is 2.40. The fraction of sp³-hybridized carbons (Fsp3) is 0.615. The van der Waals surface area contributed by atoms with Crippen LogP contribution in [0.15, 0.2) is 18.3 Å². The lowest BCUT2D eigenvalue weighted by Gasteiger charge is -2.23. The molecular weight excluding hydrogens is 255 g/mol. The largest absolute Gasteiger partial charge is 0.435 e. The van der Waals surface area contributed by atoms with Crippen LogP contribution < -0.4 is 10.2 Å². The van der Waals surface area contributed by atoms with E-state index in [0.29, 0.717) is 24.9 Å². The van der Waals surface area contributed by atoms with Crippen LogP contribution in [0.2, 0.25) is 0 Å². The van der Waals surface area contributed by atoms with Crippen molar-refractivity contribution in [3.05, 3.63) is 24.0 Å². The second kappa shape index (κ2) is 4.67. The molecule has 2 aliphatic heterocycles. The molecule has 0 aromatic carbocycles. The number of rotatable bonds is 1. The molecular formula is C13H16F3N3. The molecule has 1 N–H and O–H groups in total. The van der Waals surface area contributed by atoms with Gasteiger partial charge in [-0.15, -0.1) is 0 Å². The van der Waals surface area contributed by atoms with Crippen LogP contribution in [0.25, 0.3) is 0 Å². The summed E-state index contributed by atoms with van der Waals surface area (Å²) in [5.41, 5.74) is -0.536. The molecule has 0 bridgehead atoms. The summed E-state index contributed by atoms with van der Waals surface area (Å²) in [4.78, 5) is 5.37. The van der Waals surface area contributed by atoms with Gasteiger partial charge >= 0.3 is 6.18 Å². The molecule has 2 atom stereocenters. The van der Waals surface area contributed by atoms with Crippen molar-refractivity contribution in [3.63, 3.8) is 0 Å². The molecule has 6 heteroatoms. The summed E-state index contributed by atoms with van der Waals surface area (Å²) in [5, 5.41) is 3.31. The van der Waals surface area contributed by atoms with Gasteiger partial charge in [0.2, 0.25) is 0 Å². The smallest absolute Gasteiger partial charge is 0.369 e. The maximum atomic E-state index is 13.0. The van der Waals surface area contributed by atoms with E-state index in [9.17, 15) is 13.2 Å². The Balaban J connectivity index is 1.87. The standard InChI is InChI=1S/C13H16F3N3/c14-13(15,16)12-11(2-1-4-18-12)19-7-9-3-5-17-6-10(9)8-19/h1-2,4,9-10,17H,3,5-8H2/t9-,10+/m0/s1. The third-order valence-electron chi connectivity index (χ3n) is 4.07. The molecule has 0 amide bonds. The number of aromatic nitrogens is 1. The molecule has 3 nitrogen and oxygen atoms in total. The van der Waals surface area contributed by atoms with E-state index in [1.165, 1.54) is 12.3 Å². The van der Waals surface area contributed by atoms with Gasteiger partial charge in [0, 0.05) is 19.3 Å². The minimum absolute atomic E-state index is 0.226. The Morgan fingerprint density at radius 2 is 2.05 bits per heavy atom. The normalized spacial score (nSPS) is 27.4. The maximum absolute atomic E-state index is 13.0. The molecule has 19 heavy (non-hydrogen) atoms. The summed E-state index contributed by atoms with van der Waals surface area (Å²) in [6.07, 6.45) is -2.14. The lowest BCUT2D eigenvalue weighted by molar-refractivity contribution is -0.140. The van der Waals surface area contributed by atoms with E-state index in [4.69, 9.17) is 0 Å². The Morgan fingerprint density at radius 1 is 1.26 bits per heavy atom. The van der Waals surface area contributed by atoms with Gasteiger partial charge in [-0.3, -0.25) is 0 Å². The Hall–Kier alpha value is -1.30. The highest BCUT2D eigenvalue weighted by atomic mass is 19.4. The predicted octanol–water partition coefficient (Wildman–Crippen LogP) is 2.15. The predicted molar refractivity (Wildman–Crippen MR) is 65.9 cm³/mol. The van der Waals surface area contributed by atoms with Gasteiger partial charge in [0.25, 0.3) is 0 Å². The number of nitrogens with zero attached hydrogens (tertiary/aromatic N) is 2. The maximum Gasteiger partial charge on any atom is 0.435 e. The van der Waals surface area contributed by atoms with E-state index in [2.05, 4.69) is 10.3 Å². The number of alkyl halides is 3. The van der Waals surface area contributed by atoms with Crippen LogP contribution in [-0.4, -0.2) is 31.2 Å². The van der Waals surface area contributed by atoms with Gasteiger partial charge in [0.15, 0.2) is 5.69 Å². The number of anilines is 1. The van der Waals surface area contributed by atoms with Crippen molar-refractivity contribution in [1.82, 2.24) is 10.3 Å². The van der Waals surface area contributed by atoms with Crippen molar-refractivity contribution in [3.8, 4) is 0 Å². The van der Waals surface area contributed by atoms with Crippen LogP contribution in [0.4, 0.5) is 18.9 Å². The summed E-state index contributed by atoms with van der Waals surface area (Å²) in [6, 6.07) is 3.10. The van der Waals surface area contributed by atoms with E-state index in [-0.39, 0.29) is 5.69 Å². The van der Waals surface area contributed by atoms with Crippen molar-refractivity contribution in [2.75, 3.05) is 31.1 Å². The summed E-state index contributed by atoms with van der Waals surface area (Å²) < 4.78 is 38.9. The summed E-state index contributed by atoms with van der Waals surface area (Å²) in [7, 11) is 0. The van der Waals surface area contributed by atoms with Crippen molar-refractivity contribution in [1.29, 1.82) is 0 Å². The average molecular weight is 271 g/mol. The molecule has 0 radical (unpaired) electrons. The highest BCUT2D eigenvalue weighted by molar-refractivity contribution is 5.52. The molecule has 1 aromatic heterocycles. The molecule has 3 heterocycles. The van der Waals surface area contributed by atoms with E-state index in [1.807, 2.05) is 4.90 Å². The number of halogens is 3. The Morgan fingerprint density at radius 3 is 2.79 bits per heavy atom. The van der Waals surface area contributed by atoms with Crippen LogP contribution in [0.3, 0.4) is 0 Å². The molecule has 2 aliphatic rings. The molecule has 0 aliphatic carbocycles. The van der Waals surface area contributed by atoms with Crippen molar-refractivity contribution >= 4 is 5.69 Å². The molecule has 1 aromatic rings. The first-order chi connectivity index (χ1) is 9.05. The molecule has 2 fully saturated rings. The lowest BCUT2D eigenvalue weighted by Crippen LogP contribution is -2.35. The lowest BCUT2D eigenvalue weighted by atomic mass is 9.90. The van der Waals surface area contributed by atoms with Gasteiger partial charge in [0.05, 0.1) is 5.69 Å². The molecule has 0 unspecified atom stereocenters. The van der Waals surface area contributed by atoms with E-state index in [1.54, 1.807) is 6.07 Å². The SMILES string of the molecule is FC(F)(F)c1ncccc1N1C[C@H]2CNCC[C@H]2C1. The number of hydrogen-bond acceptors (Lipinski definition) is 3. The van der Waals surface area contributed by atoms with E-state index in [0.717, 1.165) is 19.5 Å². The zero-order valence-electron chi connectivity index (χ0n) is 10.5. The zero-order valence-corrected chi connectivity index (χ0v) is 10.5. The average Bonchev–Trinajstić information content (AvgIpc) is 2.81. The number of nitrogens with one attached hydrogen (secondary N) is 1. The number of piperidine rings is 1. The van der Waals surface area contributed by atoms with Crippen molar-refractivity contribution < 1.29 is 13.2 Å². The quantitative estimate of drug-likeness (QED) is 0.848. The summed E-state index contributed by atoms with van der Waals surface area (Å²) >= 11 is 0. The number of fused-ring (bicyclic) bond motifs is 1. The van der Waals surface area contributed by atoms with Crippen LogP contribution in [0.5, 0.6) is 0 Å².